The van der Waals surface area contributed by atoms with Gasteiger partial charge in [-0.1, -0.05) is 11.6 Å². The van der Waals surface area contributed by atoms with E-state index in [9.17, 15) is 5.11 Å². The van der Waals surface area contributed by atoms with Crippen molar-refractivity contribution in [3.63, 3.8) is 0 Å². The molecule has 3 rings (SSSR count). The fourth-order valence-electron chi connectivity index (χ4n) is 1.81. The first-order valence-corrected chi connectivity index (χ1v) is 5.47. The number of H-pyrrole nitrogens is 1. The minimum Gasteiger partial charge on any atom is -0.508 e. The number of halogens is 1. The fourth-order valence-corrected chi connectivity index (χ4v) is 2.04. The summed E-state index contributed by atoms with van der Waals surface area (Å²) in [6.07, 6.45) is 1.34. The van der Waals surface area contributed by atoms with Crippen LogP contribution in [0.2, 0.25) is 5.02 Å². The third kappa shape index (κ3) is 1.63. The zero-order valence-corrected chi connectivity index (χ0v) is 9.81. The summed E-state index contributed by atoms with van der Waals surface area (Å²) >= 11 is 5.90. The summed E-state index contributed by atoms with van der Waals surface area (Å²) in [5.74, 6) is 0.388. The second-order valence-electron chi connectivity index (χ2n) is 3.75. The second kappa shape index (κ2) is 3.85. The van der Waals surface area contributed by atoms with Gasteiger partial charge in [-0.2, -0.15) is 5.10 Å². The van der Waals surface area contributed by atoms with E-state index in [0.717, 1.165) is 0 Å². The highest BCUT2D eigenvalue weighted by atomic mass is 35.5. The molecule has 1 aromatic carbocycles. The van der Waals surface area contributed by atoms with E-state index >= 15 is 0 Å². The number of nitrogens with two attached hydrogens (primary N) is 1. The van der Waals surface area contributed by atoms with Crippen molar-refractivity contribution < 1.29 is 5.11 Å². The predicted molar refractivity (Wildman–Crippen MR) is 68.2 cm³/mol. The molecule has 2 aromatic heterocycles. The van der Waals surface area contributed by atoms with Crippen LogP contribution in [-0.2, 0) is 0 Å². The molecule has 0 atom stereocenters. The number of rotatable bonds is 1. The largest absolute Gasteiger partial charge is 0.508 e. The number of phenols is 1. The zero-order chi connectivity index (χ0) is 12.7. The summed E-state index contributed by atoms with van der Waals surface area (Å²) < 4.78 is 0. The van der Waals surface area contributed by atoms with Crippen LogP contribution in [0.3, 0.4) is 0 Å². The van der Waals surface area contributed by atoms with Crippen LogP contribution in [-0.4, -0.2) is 25.3 Å². The topological polar surface area (TPSA) is 101 Å². The molecule has 6 nitrogen and oxygen atoms in total. The monoisotopic (exact) mass is 261 g/mol. The van der Waals surface area contributed by atoms with Crippen LogP contribution in [0.25, 0.3) is 22.3 Å². The minimum absolute atomic E-state index is 0.0654. The standard InChI is InChI=1S/C11H8ClN5O/c12-6-1-5(2-7(18)3-6)9-8-10(13)14-4-15-11(8)17-16-9/h1-4,18H,(H3,13,14,15,16,17). The Hall–Kier alpha value is -2.34. The molecule has 90 valence electrons. The van der Waals surface area contributed by atoms with Crippen LogP contribution in [0.5, 0.6) is 5.75 Å². The average molecular weight is 262 g/mol. The normalized spacial score (nSPS) is 10.9. The molecule has 0 amide bonds. The van der Waals surface area contributed by atoms with Gasteiger partial charge in [0.1, 0.15) is 17.9 Å². The summed E-state index contributed by atoms with van der Waals surface area (Å²) in [7, 11) is 0. The van der Waals surface area contributed by atoms with E-state index in [1.54, 1.807) is 12.1 Å². The van der Waals surface area contributed by atoms with E-state index in [1.165, 1.54) is 12.4 Å². The Morgan fingerprint density at radius 1 is 1.22 bits per heavy atom. The molecule has 3 aromatic rings. The number of nitrogen functional groups attached to an aromatic ring is 1. The SMILES string of the molecule is Nc1ncnc2n[nH]c(-c3cc(O)cc(Cl)c3)c12. The Kier molecular flexibility index (Phi) is 2.31. The highest BCUT2D eigenvalue weighted by Crippen LogP contribution is 2.32. The highest BCUT2D eigenvalue weighted by molar-refractivity contribution is 6.31. The molecule has 0 aliphatic rings. The van der Waals surface area contributed by atoms with Crippen LogP contribution >= 0.6 is 11.6 Å². The van der Waals surface area contributed by atoms with Crippen molar-refractivity contribution >= 4 is 28.5 Å². The van der Waals surface area contributed by atoms with Gasteiger partial charge in [0.05, 0.1) is 11.1 Å². The van der Waals surface area contributed by atoms with Gasteiger partial charge in [-0.25, -0.2) is 9.97 Å². The lowest BCUT2D eigenvalue weighted by Gasteiger charge is -2.02. The summed E-state index contributed by atoms with van der Waals surface area (Å²) in [5, 5.41) is 17.4. The van der Waals surface area contributed by atoms with Crippen molar-refractivity contribution in [2.45, 2.75) is 0 Å². The van der Waals surface area contributed by atoms with Crippen LogP contribution in [0.1, 0.15) is 0 Å². The molecule has 2 heterocycles. The van der Waals surface area contributed by atoms with Gasteiger partial charge in [0.15, 0.2) is 5.65 Å². The van der Waals surface area contributed by atoms with Crippen molar-refractivity contribution in [3.8, 4) is 17.0 Å². The van der Waals surface area contributed by atoms with Crippen LogP contribution in [0.4, 0.5) is 5.82 Å². The first-order chi connectivity index (χ1) is 8.65. The van der Waals surface area contributed by atoms with Gasteiger partial charge < -0.3 is 10.8 Å². The molecule has 0 saturated heterocycles. The van der Waals surface area contributed by atoms with Crippen LogP contribution in [0, 0.1) is 0 Å². The van der Waals surface area contributed by atoms with E-state index in [1.807, 2.05) is 0 Å². The van der Waals surface area contributed by atoms with E-state index < -0.39 is 0 Å². The number of nitrogens with zero attached hydrogens (tertiary/aromatic N) is 3. The molecule has 0 saturated carbocycles. The number of anilines is 1. The number of aromatic amines is 1. The molecule has 0 unspecified atom stereocenters. The lowest BCUT2D eigenvalue weighted by molar-refractivity contribution is 0.475. The number of fused-ring (bicyclic) bond motifs is 1. The van der Waals surface area contributed by atoms with Crippen LogP contribution in [0.15, 0.2) is 24.5 Å². The first kappa shape index (κ1) is 10.8. The summed E-state index contributed by atoms with van der Waals surface area (Å²) in [5.41, 5.74) is 7.57. The van der Waals surface area contributed by atoms with Gasteiger partial charge in [-0.3, -0.25) is 5.10 Å². The third-order valence-electron chi connectivity index (χ3n) is 2.55. The maximum absolute atomic E-state index is 9.55. The fraction of sp³-hybridized carbons (Fsp3) is 0. The van der Waals surface area contributed by atoms with Crippen LogP contribution < -0.4 is 5.73 Å². The molecule has 7 heteroatoms. The van der Waals surface area contributed by atoms with Gasteiger partial charge in [0, 0.05) is 10.6 Å². The van der Waals surface area contributed by atoms with E-state index in [0.29, 0.717) is 33.1 Å². The lowest BCUT2D eigenvalue weighted by Crippen LogP contribution is -1.92. The number of hydrogen-bond acceptors (Lipinski definition) is 5. The van der Waals surface area contributed by atoms with Gasteiger partial charge in [0.25, 0.3) is 0 Å². The second-order valence-corrected chi connectivity index (χ2v) is 4.19. The number of hydrogen-bond donors (Lipinski definition) is 3. The van der Waals surface area contributed by atoms with Gasteiger partial charge in [-0.15, -0.1) is 0 Å². The Morgan fingerprint density at radius 2 is 2.06 bits per heavy atom. The predicted octanol–water partition coefficient (Wildman–Crippen LogP) is 1.96. The molecule has 18 heavy (non-hydrogen) atoms. The molecule has 0 fully saturated rings. The number of benzene rings is 1. The maximum Gasteiger partial charge on any atom is 0.186 e. The zero-order valence-electron chi connectivity index (χ0n) is 9.05. The Balaban J connectivity index is 2.31. The van der Waals surface area contributed by atoms with Crippen molar-refractivity contribution in [2.75, 3.05) is 5.73 Å². The van der Waals surface area contributed by atoms with Crippen molar-refractivity contribution in [1.82, 2.24) is 20.2 Å². The van der Waals surface area contributed by atoms with Crippen molar-refractivity contribution in [2.24, 2.45) is 0 Å². The lowest BCUT2D eigenvalue weighted by atomic mass is 10.1. The van der Waals surface area contributed by atoms with E-state index in [2.05, 4.69) is 20.2 Å². The Bertz CT molecular complexity index is 719. The molecule has 0 radical (unpaired) electrons. The number of aromatic hydroxyl groups is 1. The summed E-state index contributed by atoms with van der Waals surface area (Å²) in [4.78, 5) is 7.93. The molecule has 0 spiro atoms. The molecular formula is C11H8ClN5O. The highest BCUT2D eigenvalue weighted by Gasteiger charge is 2.13. The van der Waals surface area contributed by atoms with Gasteiger partial charge in [0.2, 0.25) is 0 Å². The Labute approximate surface area is 106 Å². The molecular weight excluding hydrogens is 254 g/mol. The Morgan fingerprint density at radius 3 is 2.83 bits per heavy atom. The summed E-state index contributed by atoms with van der Waals surface area (Å²) in [6.45, 7) is 0. The minimum atomic E-state index is 0.0654. The van der Waals surface area contributed by atoms with Gasteiger partial charge in [-0.05, 0) is 18.2 Å². The number of nitrogens with one attached hydrogen (secondary N) is 1. The van der Waals surface area contributed by atoms with Crippen molar-refractivity contribution in [1.29, 1.82) is 0 Å². The molecule has 0 aliphatic heterocycles. The van der Waals surface area contributed by atoms with Gasteiger partial charge >= 0.3 is 0 Å². The van der Waals surface area contributed by atoms with E-state index in [4.69, 9.17) is 17.3 Å². The first-order valence-electron chi connectivity index (χ1n) is 5.09. The molecule has 4 N–H and O–H groups in total. The summed E-state index contributed by atoms with van der Waals surface area (Å²) in [6, 6.07) is 4.70. The molecule has 0 bridgehead atoms. The quantitative estimate of drug-likeness (QED) is 0.622. The van der Waals surface area contributed by atoms with Crippen molar-refractivity contribution in [3.05, 3.63) is 29.5 Å². The average Bonchev–Trinajstić information content (AvgIpc) is 2.73. The third-order valence-corrected chi connectivity index (χ3v) is 2.77. The smallest absolute Gasteiger partial charge is 0.186 e. The number of phenolic OH excluding ortho intramolecular Hbond substituents is 1. The molecule has 0 aliphatic carbocycles. The number of aromatic nitrogens is 4. The maximum atomic E-state index is 9.55. The van der Waals surface area contributed by atoms with E-state index in [-0.39, 0.29) is 5.75 Å².